The quantitative estimate of drug-likeness (QED) is 0.195. The molecular weight excluding hydrogens is 601 g/mol. The zero-order valence-corrected chi connectivity index (χ0v) is 25.2. The monoisotopic (exact) mass is 627 g/mol. The van der Waals surface area contributed by atoms with Gasteiger partial charge in [-0.3, -0.25) is 0 Å². The number of benzene rings is 2. The van der Waals surface area contributed by atoms with Crippen LogP contribution in [-0.4, -0.2) is 54.5 Å². The lowest BCUT2D eigenvalue weighted by molar-refractivity contribution is 0.0202. The normalized spacial score (nSPS) is 21.5. The molecule has 1 saturated carbocycles. The maximum atomic E-state index is 13.7. The minimum atomic E-state index is -0.455. The molecule has 3 fully saturated rings. The Kier molecular flexibility index (Phi) is 7.03. The van der Waals surface area contributed by atoms with Gasteiger partial charge >= 0.3 is 11.9 Å². The average molecular weight is 629 g/mol. The Bertz CT molecular complexity index is 1680. The maximum Gasteiger partial charge on any atom is 0.344 e. The third kappa shape index (κ3) is 4.69. The van der Waals surface area contributed by atoms with Crippen LogP contribution < -0.4 is 9.64 Å². The highest BCUT2D eigenvalue weighted by Gasteiger charge is 2.45. The number of hydrogen-bond acceptors (Lipinski definition) is 10. The van der Waals surface area contributed by atoms with Gasteiger partial charge in [0.15, 0.2) is 10.9 Å². The van der Waals surface area contributed by atoms with E-state index in [4.69, 9.17) is 46.9 Å². The largest absolute Gasteiger partial charge is 0.496 e. The second-order valence-corrected chi connectivity index (χ2v) is 12.8. The first-order valence-electron chi connectivity index (χ1n) is 13.9. The third-order valence-corrected chi connectivity index (χ3v) is 10.0. The summed E-state index contributed by atoms with van der Waals surface area (Å²) in [6.45, 7) is 0. The number of nitrogens with zero attached hydrogens (tertiary/aromatic N) is 3. The number of carbonyl (C=O) groups is 2. The standard InChI is InChI=1S/C30H27Cl2N3O6S/c1-38-22-13-21-23(12-18(22)28(36)39-2)42-30(33-21)35-15-8-9-16(35)11-17(10-15)40-29(37)25-26(34-41-27(25)14-6-7-14)24-19(31)4-3-5-20(24)32/h3-5,12-17H,6-11H2,1-2H3/t15-,16+,17-. The fourth-order valence-corrected chi connectivity index (χ4v) is 7.96. The van der Waals surface area contributed by atoms with Crippen molar-refractivity contribution in [2.24, 2.45) is 0 Å². The molecule has 0 amide bonds. The Morgan fingerprint density at radius 1 is 1.02 bits per heavy atom. The molecular formula is C30H27Cl2N3O6S. The van der Waals surface area contributed by atoms with Gasteiger partial charge < -0.3 is 23.6 Å². The smallest absolute Gasteiger partial charge is 0.344 e. The summed E-state index contributed by atoms with van der Waals surface area (Å²) in [5.74, 6) is 0.207. The first kappa shape index (κ1) is 27.5. The molecule has 9 nitrogen and oxygen atoms in total. The zero-order valence-electron chi connectivity index (χ0n) is 22.9. The van der Waals surface area contributed by atoms with Gasteiger partial charge in [-0.2, -0.15) is 0 Å². The first-order chi connectivity index (χ1) is 20.4. The van der Waals surface area contributed by atoms with Crippen molar-refractivity contribution >= 4 is 61.8 Å². The van der Waals surface area contributed by atoms with Crippen LogP contribution in [0.1, 0.15) is 70.9 Å². The summed E-state index contributed by atoms with van der Waals surface area (Å²) in [7, 11) is 2.87. The van der Waals surface area contributed by atoms with Gasteiger partial charge in [-0.1, -0.05) is 45.8 Å². The second kappa shape index (κ2) is 10.7. The van der Waals surface area contributed by atoms with Gasteiger partial charge in [-0.25, -0.2) is 14.6 Å². The Morgan fingerprint density at radius 2 is 1.74 bits per heavy atom. The van der Waals surface area contributed by atoms with Crippen molar-refractivity contribution in [2.45, 2.75) is 62.6 Å². The summed E-state index contributed by atoms with van der Waals surface area (Å²) in [4.78, 5) is 33.3. The highest BCUT2D eigenvalue weighted by Crippen LogP contribution is 2.47. The first-order valence-corrected chi connectivity index (χ1v) is 15.4. The molecule has 0 radical (unpaired) electrons. The van der Waals surface area contributed by atoms with E-state index in [1.54, 1.807) is 30.3 Å². The highest BCUT2D eigenvalue weighted by atomic mass is 35.5. The predicted molar refractivity (Wildman–Crippen MR) is 159 cm³/mol. The lowest BCUT2D eigenvalue weighted by atomic mass is 9.99. The summed E-state index contributed by atoms with van der Waals surface area (Å²) in [6, 6.07) is 9.07. The van der Waals surface area contributed by atoms with Crippen molar-refractivity contribution in [3.63, 3.8) is 0 Å². The van der Waals surface area contributed by atoms with E-state index in [-0.39, 0.29) is 24.1 Å². The summed E-state index contributed by atoms with van der Waals surface area (Å²) >= 11 is 14.5. The number of thiazole rings is 1. The molecule has 2 bridgehead atoms. The van der Waals surface area contributed by atoms with Gasteiger partial charge in [0, 0.05) is 42.5 Å². The minimum absolute atomic E-state index is 0.144. The van der Waals surface area contributed by atoms with Crippen LogP contribution in [-0.2, 0) is 9.47 Å². The number of rotatable bonds is 7. The van der Waals surface area contributed by atoms with Crippen molar-refractivity contribution in [1.29, 1.82) is 0 Å². The van der Waals surface area contributed by atoms with Gasteiger partial charge in [0.1, 0.15) is 28.7 Å². The van der Waals surface area contributed by atoms with Crippen LogP contribution in [0.3, 0.4) is 0 Å². The summed E-state index contributed by atoms with van der Waals surface area (Å²) in [6.07, 6.45) is 4.93. The molecule has 0 spiro atoms. The highest BCUT2D eigenvalue weighted by molar-refractivity contribution is 7.22. The topological polar surface area (TPSA) is 104 Å². The molecule has 1 aliphatic carbocycles. The molecule has 4 aromatic rings. The van der Waals surface area contributed by atoms with Crippen LogP contribution in [0.25, 0.3) is 21.5 Å². The molecule has 0 N–H and O–H groups in total. The number of aromatic nitrogens is 2. The van der Waals surface area contributed by atoms with Gasteiger partial charge in [0.05, 0.1) is 34.5 Å². The van der Waals surface area contributed by atoms with Crippen LogP contribution in [0.4, 0.5) is 5.13 Å². The fourth-order valence-electron chi connectivity index (χ4n) is 6.26. The minimum Gasteiger partial charge on any atom is -0.496 e. The van der Waals surface area contributed by atoms with E-state index in [1.165, 1.54) is 25.6 Å². The average Bonchev–Trinajstić information content (AvgIpc) is 3.50. The van der Waals surface area contributed by atoms with E-state index in [0.717, 1.165) is 41.0 Å². The molecule has 2 aliphatic heterocycles. The van der Waals surface area contributed by atoms with Crippen molar-refractivity contribution in [1.82, 2.24) is 10.1 Å². The molecule has 3 aliphatic rings. The fraction of sp³-hybridized carbons (Fsp3) is 0.400. The zero-order chi connectivity index (χ0) is 29.1. The summed E-state index contributed by atoms with van der Waals surface area (Å²) < 4.78 is 23.1. The van der Waals surface area contributed by atoms with E-state index >= 15 is 0 Å². The Labute approximate surface area is 255 Å². The molecule has 0 unspecified atom stereocenters. The van der Waals surface area contributed by atoms with Crippen LogP contribution >= 0.6 is 34.5 Å². The number of fused-ring (bicyclic) bond motifs is 3. The number of carbonyl (C=O) groups excluding carboxylic acids is 2. The van der Waals surface area contributed by atoms with Gasteiger partial charge in [-0.15, -0.1) is 0 Å². The number of methoxy groups -OCH3 is 2. The molecule has 2 saturated heterocycles. The van der Waals surface area contributed by atoms with E-state index in [1.807, 2.05) is 0 Å². The summed E-state index contributed by atoms with van der Waals surface area (Å²) in [5.41, 5.74) is 2.26. The number of ether oxygens (including phenoxy) is 3. The van der Waals surface area contributed by atoms with Gasteiger partial charge in [0.2, 0.25) is 0 Å². The van der Waals surface area contributed by atoms with Crippen molar-refractivity contribution in [2.75, 3.05) is 19.1 Å². The van der Waals surface area contributed by atoms with Crippen molar-refractivity contribution in [3.05, 3.63) is 57.3 Å². The van der Waals surface area contributed by atoms with E-state index < -0.39 is 11.9 Å². The Hall–Kier alpha value is -3.34. The SMILES string of the molecule is COC(=O)c1cc2sc(N3[C@@H]4CC[C@H]3C[C@H](OC(=O)c3c(-c5c(Cl)cccc5Cl)noc3C3CC3)C4)nc2cc1OC. The lowest BCUT2D eigenvalue weighted by Crippen LogP contribution is -2.46. The number of hydrogen-bond donors (Lipinski definition) is 0. The number of esters is 2. The number of halogens is 2. The van der Waals surface area contributed by atoms with Gasteiger partial charge in [-0.05, 0) is 43.9 Å². The Balaban J connectivity index is 1.13. The summed E-state index contributed by atoms with van der Waals surface area (Å²) in [5, 5.41) is 5.91. The van der Waals surface area contributed by atoms with Crippen molar-refractivity contribution in [3.8, 4) is 17.0 Å². The van der Waals surface area contributed by atoms with Crippen LogP contribution in [0.15, 0.2) is 34.9 Å². The molecule has 12 heteroatoms. The van der Waals surface area contributed by atoms with Crippen molar-refractivity contribution < 1.29 is 28.3 Å². The third-order valence-electron chi connectivity index (χ3n) is 8.36. The molecule has 3 atom stereocenters. The van der Waals surface area contributed by atoms with E-state index in [2.05, 4.69) is 10.1 Å². The predicted octanol–water partition coefficient (Wildman–Crippen LogP) is 7.29. The second-order valence-electron chi connectivity index (χ2n) is 10.9. The molecule has 2 aromatic heterocycles. The van der Waals surface area contributed by atoms with Crippen LogP contribution in [0.5, 0.6) is 5.75 Å². The number of piperidine rings is 1. The number of anilines is 1. The van der Waals surface area contributed by atoms with Gasteiger partial charge in [0.25, 0.3) is 0 Å². The molecule has 2 aromatic carbocycles. The maximum absolute atomic E-state index is 13.7. The van der Waals surface area contributed by atoms with Crippen LogP contribution in [0, 0.1) is 0 Å². The van der Waals surface area contributed by atoms with E-state index in [9.17, 15) is 9.59 Å². The molecule has 218 valence electrons. The Morgan fingerprint density at radius 3 is 2.38 bits per heavy atom. The van der Waals surface area contributed by atoms with E-state index in [0.29, 0.717) is 56.8 Å². The lowest BCUT2D eigenvalue weighted by Gasteiger charge is -2.38. The molecule has 7 rings (SSSR count). The van der Waals surface area contributed by atoms with Crippen LogP contribution in [0.2, 0.25) is 10.0 Å². The molecule has 42 heavy (non-hydrogen) atoms. The molecule has 4 heterocycles.